The first-order valence-corrected chi connectivity index (χ1v) is 5.84. The maximum atomic E-state index is 11.2. The van der Waals surface area contributed by atoms with E-state index in [9.17, 15) is 9.90 Å². The maximum absolute atomic E-state index is 11.2. The van der Waals surface area contributed by atoms with Crippen molar-refractivity contribution < 1.29 is 14.6 Å². The van der Waals surface area contributed by atoms with Crippen molar-refractivity contribution in [2.24, 2.45) is 0 Å². The Labute approximate surface area is 102 Å². The molecule has 2 rings (SSSR count). The van der Waals surface area contributed by atoms with Crippen molar-refractivity contribution in [3.05, 3.63) is 28.2 Å². The van der Waals surface area contributed by atoms with Crippen LogP contribution in [0, 0.1) is 0 Å². The van der Waals surface area contributed by atoms with Gasteiger partial charge in [-0.25, -0.2) is 4.79 Å². The SMILES string of the molecule is O=C(O)c1c(Br)cccc1N1CCOCC1. The second-order valence-corrected chi connectivity index (χ2v) is 4.39. The first kappa shape index (κ1) is 11.4. The van der Waals surface area contributed by atoms with Crippen LogP contribution in [0.1, 0.15) is 10.4 Å². The van der Waals surface area contributed by atoms with E-state index in [1.54, 1.807) is 6.07 Å². The van der Waals surface area contributed by atoms with Gasteiger partial charge in [0.05, 0.1) is 24.5 Å². The molecule has 1 heterocycles. The summed E-state index contributed by atoms with van der Waals surface area (Å²) in [5.41, 5.74) is 1.08. The Kier molecular flexibility index (Phi) is 3.46. The van der Waals surface area contributed by atoms with Gasteiger partial charge in [-0.05, 0) is 28.1 Å². The van der Waals surface area contributed by atoms with E-state index >= 15 is 0 Å². The van der Waals surface area contributed by atoms with E-state index < -0.39 is 5.97 Å². The van der Waals surface area contributed by atoms with Crippen LogP contribution in [0.2, 0.25) is 0 Å². The summed E-state index contributed by atoms with van der Waals surface area (Å²) in [6.07, 6.45) is 0. The molecule has 0 bridgehead atoms. The number of carboxylic acids is 1. The summed E-state index contributed by atoms with van der Waals surface area (Å²) in [4.78, 5) is 13.2. The maximum Gasteiger partial charge on any atom is 0.338 e. The van der Waals surface area contributed by atoms with Crippen LogP contribution < -0.4 is 4.90 Å². The van der Waals surface area contributed by atoms with Gasteiger partial charge in [0.2, 0.25) is 0 Å². The van der Waals surface area contributed by atoms with Crippen LogP contribution in [0.15, 0.2) is 22.7 Å². The number of hydrogen-bond donors (Lipinski definition) is 1. The molecule has 1 fully saturated rings. The molecule has 0 unspecified atom stereocenters. The Bertz CT molecular complexity index is 402. The van der Waals surface area contributed by atoms with Crippen LogP contribution in [0.3, 0.4) is 0 Å². The molecule has 5 heteroatoms. The lowest BCUT2D eigenvalue weighted by Crippen LogP contribution is -2.37. The van der Waals surface area contributed by atoms with Crippen molar-refractivity contribution in [2.45, 2.75) is 0 Å². The van der Waals surface area contributed by atoms with Crippen molar-refractivity contribution in [3.8, 4) is 0 Å². The smallest absolute Gasteiger partial charge is 0.338 e. The number of rotatable bonds is 2. The lowest BCUT2D eigenvalue weighted by Gasteiger charge is -2.30. The standard InChI is InChI=1S/C11H12BrNO3/c12-8-2-1-3-9(10(8)11(14)15)13-4-6-16-7-5-13/h1-3H,4-7H2,(H,14,15). The van der Waals surface area contributed by atoms with Gasteiger partial charge in [-0.15, -0.1) is 0 Å². The summed E-state index contributed by atoms with van der Waals surface area (Å²) >= 11 is 3.28. The topological polar surface area (TPSA) is 49.8 Å². The molecular weight excluding hydrogens is 274 g/mol. The number of benzene rings is 1. The first-order valence-electron chi connectivity index (χ1n) is 5.04. The zero-order valence-corrected chi connectivity index (χ0v) is 10.2. The number of carboxylic acid groups (broad SMARTS) is 1. The summed E-state index contributed by atoms with van der Waals surface area (Å²) in [5.74, 6) is -0.908. The third kappa shape index (κ3) is 2.20. The van der Waals surface area contributed by atoms with Crippen LogP contribution in [-0.4, -0.2) is 37.4 Å². The van der Waals surface area contributed by atoms with Gasteiger partial charge in [-0.2, -0.15) is 0 Å². The van der Waals surface area contributed by atoms with Gasteiger partial charge >= 0.3 is 5.97 Å². The van der Waals surface area contributed by atoms with Gasteiger partial charge in [-0.3, -0.25) is 0 Å². The third-order valence-electron chi connectivity index (χ3n) is 2.56. The molecule has 86 valence electrons. The summed E-state index contributed by atoms with van der Waals surface area (Å²) in [6.45, 7) is 2.75. The molecule has 16 heavy (non-hydrogen) atoms. The van der Waals surface area contributed by atoms with Crippen molar-refractivity contribution >= 4 is 27.6 Å². The molecule has 1 aromatic rings. The Morgan fingerprint density at radius 1 is 1.38 bits per heavy atom. The minimum Gasteiger partial charge on any atom is -0.478 e. The highest BCUT2D eigenvalue weighted by Crippen LogP contribution is 2.28. The Morgan fingerprint density at radius 3 is 2.69 bits per heavy atom. The molecule has 0 aliphatic carbocycles. The zero-order chi connectivity index (χ0) is 11.5. The lowest BCUT2D eigenvalue weighted by atomic mass is 10.1. The van der Waals surface area contributed by atoms with Crippen LogP contribution >= 0.6 is 15.9 Å². The molecule has 1 aliphatic heterocycles. The molecule has 0 spiro atoms. The van der Waals surface area contributed by atoms with Crippen molar-refractivity contribution in [2.75, 3.05) is 31.2 Å². The number of morpholine rings is 1. The Balaban J connectivity index is 2.38. The van der Waals surface area contributed by atoms with Gasteiger partial charge in [-0.1, -0.05) is 6.07 Å². The largest absolute Gasteiger partial charge is 0.478 e. The molecule has 0 atom stereocenters. The second-order valence-electron chi connectivity index (χ2n) is 3.54. The minimum atomic E-state index is -0.908. The van der Waals surface area contributed by atoms with E-state index in [2.05, 4.69) is 15.9 Å². The first-order chi connectivity index (χ1) is 7.70. The van der Waals surface area contributed by atoms with Crippen LogP contribution in [0.4, 0.5) is 5.69 Å². The number of nitrogens with zero attached hydrogens (tertiary/aromatic N) is 1. The normalized spacial score (nSPS) is 16.2. The van der Waals surface area contributed by atoms with E-state index in [0.717, 1.165) is 18.8 Å². The minimum absolute atomic E-state index is 0.324. The highest BCUT2D eigenvalue weighted by Gasteiger charge is 2.20. The van der Waals surface area contributed by atoms with Crippen molar-refractivity contribution in [1.82, 2.24) is 0 Å². The second kappa shape index (κ2) is 4.84. The number of hydrogen-bond acceptors (Lipinski definition) is 3. The lowest BCUT2D eigenvalue weighted by molar-refractivity contribution is 0.0695. The number of carbonyl (C=O) groups is 1. The monoisotopic (exact) mass is 285 g/mol. The fourth-order valence-electron chi connectivity index (χ4n) is 1.79. The molecule has 1 aromatic carbocycles. The summed E-state index contributed by atoms with van der Waals surface area (Å²) in [5, 5.41) is 9.19. The predicted molar refractivity (Wildman–Crippen MR) is 64.1 cm³/mol. The average Bonchev–Trinajstić information content (AvgIpc) is 2.29. The van der Waals surface area contributed by atoms with Gasteiger partial charge in [0, 0.05) is 17.6 Å². The molecule has 1 aliphatic rings. The molecule has 0 amide bonds. The summed E-state index contributed by atoms with van der Waals surface area (Å²) < 4.78 is 5.87. The summed E-state index contributed by atoms with van der Waals surface area (Å²) in [6, 6.07) is 5.42. The van der Waals surface area contributed by atoms with Gasteiger partial charge in [0.15, 0.2) is 0 Å². The Hall–Kier alpha value is -1.07. The van der Waals surface area contributed by atoms with E-state index in [1.807, 2.05) is 17.0 Å². The summed E-state index contributed by atoms with van der Waals surface area (Å²) in [7, 11) is 0. The number of halogens is 1. The average molecular weight is 286 g/mol. The third-order valence-corrected chi connectivity index (χ3v) is 3.22. The quantitative estimate of drug-likeness (QED) is 0.903. The molecular formula is C11H12BrNO3. The predicted octanol–water partition coefficient (Wildman–Crippen LogP) is 1.98. The molecule has 1 saturated heterocycles. The molecule has 1 N–H and O–H groups in total. The van der Waals surface area contributed by atoms with Gasteiger partial charge in [0.25, 0.3) is 0 Å². The van der Waals surface area contributed by atoms with Crippen molar-refractivity contribution in [3.63, 3.8) is 0 Å². The highest BCUT2D eigenvalue weighted by molar-refractivity contribution is 9.10. The molecule has 0 radical (unpaired) electrons. The molecule has 0 aromatic heterocycles. The van der Waals surface area contributed by atoms with Crippen LogP contribution in [-0.2, 0) is 4.74 Å². The zero-order valence-electron chi connectivity index (χ0n) is 8.65. The number of anilines is 1. The fraction of sp³-hybridized carbons (Fsp3) is 0.364. The highest BCUT2D eigenvalue weighted by atomic mass is 79.9. The van der Waals surface area contributed by atoms with Gasteiger partial charge < -0.3 is 14.7 Å². The van der Waals surface area contributed by atoms with E-state index in [0.29, 0.717) is 23.2 Å². The van der Waals surface area contributed by atoms with Crippen molar-refractivity contribution in [1.29, 1.82) is 0 Å². The fourth-order valence-corrected chi connectivity index (χ4v) is 2.32. The van der Waals surface area contributed by atoms with Crippen LogP contribution in [0.25, 0.3) is 0 Å². The van der Waals surface area contributed by atoms with E-state index in [4.69, 9.17) is 4.74 Å². The van der Waals surface area contributed by atoms with Crippen LogP contribution in [0.5, 0.6) is 0 Å². The Morgan fingerprint density at radius 2 is 2.06 bits per heavy atom. The molecule has 4 nitrogen and oxygen atoms in total. The van der Waals surface area contributed by atoms with E-state index in [-0.39, 0.29) is 0 Å². The van der Waals surface area contributed by atoms with E-state index in [1.165, 1.54) is 0 Å². The number of aromatic carboxylic acids is 1. The number of ether oxygens (including phenoxy) is 1. The molecule has 0 saturated carbocycles. The van der Waals surface area contributed by atoms with Gasteiger partial charge in [0.1, 0.15) is 0 Å².